The summed E-state index contributed by atoms with van der Waals surface area (Å²) in [6.45, 7) is 10.5. The zero-order chi connectivity index (χ0) is 20.4. The average molecular weight is 401 g/mol. The first-order chi connectivity index (χ1) is 13.9. The molecule has 0 bridgehead atoms. The Balaban J connectivity index is 2.96. The summed E-state index contributed by atoms with van der Waals surface area (Å²) in [7, 11) is 0. The maximum absolute atomic E-state index is 5.46. The highest BCUT2D eigenvalue weighted by Gasteiger charge is 1.94. The van der Waals surface area contributed by atoms with E-state index in [1.54, 1.807) is 0 Å². The average Bonchev–Trinajstić information content (AvgIpc) is 2.71. The monoisotopic (exact) mass is 400 g/mol. The Bertz CT molecular complexity index is 239. The Hall–Kier alpha value is -0.240. The van der Waals surface area contributed by atoms with E-state index in [1.807, 2.05) is 0 Å². The maximum Gasteiger partial charge on any atom is -0.00368 e. The normalized spacial score (nSPS) is 11.4. The van der Waals surface area contributed by atoms with Crippen LogP contribution in [0, 0.1) is 0 Å². The summed E-state index contributed by atoms with van der Waals surface area (Å²) in [5, 5.41) is 13.9. The van der Waals surface area contributed by atoms with Crippen LogP contribution in [0.1, 0.15) is 77.0 Å². The van der Waals surface area contributed by atoms with Gasteiger partial charge >= 0.3 is 0 Å². The quantitative estimate of drug-likeness (QED) is 0.131. The fraction of sp³-hybridized carbons (Fsp3) is 1.00. The van der Waals surface area contributed by atoms with Gasteiger partial charge in [0.25, 0.3) is 0 Å². The van der Waals surface area contributed by atoms with Crippen molar-refractivity contribution in [3.8, 4) is 0 Å². The van der Waals surface area contributed by atoms with E-state index in [4.69, 9.17) is 11.5 Å². The fourth-order valence-corrected chi connectivity index (χ4v) is 3.19. The van der Waals surface area contributed by atoms with Crippen LogP contribution in [-0.4, -0.2) is 65.4 Å². The van der Waals surface area contributed by atoms with E-state index in [9.17, 15) is 0 Å². The largest absolute Gasteiger partial charge is 0.330 e. The van der Waals surface area contributed by atoms with Gasteiger partial charge in [-0.3, -0.25) is 0 Å². The highest BCUT2D eigenvalue weighted by molar-refractivity contribution is 4.55. The van der Waals surface area contributed by atoms with Crippen molar-refractivity contribution >= 4 is 0 Å². The summed E-state index contributed by atoms with van der Waals surface area (Å²) in [5.74, 6) is 0. The molecule has 0 fully saturated rings. The minimum atomic E-state index is 0.789. The lowest BCUT2D eigenvalue weighted by Gasteiger charge is -2.07. The number of nitrogens with one attached hydrogen (secondary N) is 4. The third kappa shape index (κ3) is 25.8. The van der Waals surface area contributed by atoms with Crippen molar-refractivity contribution in [2.45, 2.75) is 77.0 Å². The first-order valence-electron chi connectivity index (χ1n) is 12.1. The molecule has 0 saturated heterocycles. The lowest BCUT2D eigenvalue weighted by molar-refractivity contribution is 0.528. The second-order valence-corrected chi connectivity index (χ2v) is 7.82. The first-order valence-corrected chi connectivity index (χ1v) is 12.1. The van der Waals surface area contributed by atoms with Gasteiger partial charge in [-0.2, -0.15) is 0 Å². The molecule has 0 rings (SSSR count). The van der Waals surface area contributed by atoms with Gasteiger partial charge in [0, 0.05) is 0 Å². The van der Waals surface area contributed by atoms with Crippen molar-refractivity contribution in [2.75, 3.05) is 65.4 Å². The minimum absolute atomic E-state index is 0.789. The van der Waals surface area contributed by atoms with Gasteiger partial charge in [-0.05, 0) is 104 Å². The van der Waals surface area contributed by atoms with E-state index in [2.05, 4.69) is 21.3 Å². The third-order valence-corrected chi connectivity index (χ3v) is 4.99. The summed E-state index contributed by atoms with van der Waals surface area (Å²) < 4.78 is 0. The molecule has 6 nitrogen and oxygen atoms in total. The van der Waals surface area contributed by atoms with Crippen molar-refractivity contribution in [3.05, 3.63) is 0 Å². The molecule has 170 valence electrons. The van der Waals surface area contributed by atoms with Gasteiger partial charge in [-0.15, -0.1) is 0 Å². The van der Waals surface area contributed by atoms with Crippen LogP contribution in [0.4, 0.5) is 0 Å². The summed E-state index contributed by atoms with van der Waals surface area (Å²) in [5.41, 5.74) is 10.9. The molecule has 6 heteroatoms. The zero-order valence-electron chi connectivity index (χ0n) is 18.7. The van der Waals surface area contributed by atoms with Crippen LogP contribution < -0.4 is 32.7 Å². The Kier molecular flexibility index (Phi) is 26.5. The lowest BCUT2D eigenvalue weighted by Crippen LogP contribution is -2.24. The number of hydrogen-bond donors (Lipinski definition) is 6. The maximum atomic E-state index is 5.46. The molecule has 0 atom stereocenters. The molecule has 0 aliphatic rings. The molecule has 0 aromatic rings. The standard InChI is InChI=1S/C22H52N6/c23-13-9-17-27-21-11-19-25-15-7-5-3-1-2-4-6-8-16-26-20-12-22-28-18-10-14-24/h25-28H,1-24H2. The number of rotatable bonds is 25. The molecule has 0 aliphatic carbocycles. The summed E-state index contributed by atoms with van der Waals surface area (Å²) >= 11 is 0. The van der Waals surface area contributed by atoms with Crippen molar-refractivity contribution in [3.63, 3.8) is 0 Å². The van der Waals surface area contributed by atoms with E-state index in [0.717, 1.165) is 65.2 Å². The third-order valence-electron chi connectivity index (χ3n) is 4.99. The van der Waals surface area contributed by atoms with Gasteiger partial charge < -0.3 is 32.7 Å². The van der Waals surface area contributed by atoms with Crippen LogP contribution in [0.3, 0.4) is 0 Å². The fourth-order valence-electron chi connectivity index (χ4n) is 3.19. The van der Waals surface area contributed by atoms with Crippen LogP contribution in [0.15, 0.2) is 0 Å². The molecule has 0 aliphatic heterocycles. The molecule has 0 aromatic carbocycles. The highest BCUT2D eigenvalue weighted by atomic mass is 14.9. The number of nitrogens with two attached hydrogens (primary N) is 2. The van der Waals surface area contributed by atoms with Gasteiger partial charge in [0.05, 0.1) is 0 Å². The topological polar surface area (TPSA) is 100 Å². The first kappa shape index (κ1) is 27.8. The zero-order valence-corrected chi connectivity index (χ0v) is 18.7. The van der Waals surface area contributed by atoms with Crippen molar-refractivity contribution in [1.82, 2.24) is 21.3 Å². The summed E-state index contributed by atoms with van der Waals surface area (Å²) in [6, 6.07) is 0. The van der Waals surface area contributed by atoms with Crippen molar-refractivity contribution in [2.24, 2.45) is 11.5 Å². The Morgan fingerprint density at radius 2 is 0.536 bits per heavy atom. The SMILES string of the molecule is NCCCNCCCNCCCCCCCCCCNCCCNCCCN. The summed E-state index contributed by atoms with van der Waals surface area (Å²) in [4.78, 5) is 0. The molecule has 0 amide bonds. The van der Waals surface area contributed by atoms with Gasteiger partial charge in [-0.1, -0.05) is 38.5 Å². The van der Waals surface area contributed by atoms with Crippen LogP contribution in [0.5, 0.6) is 0 Å². The molecule has 0 heterocycles. The van der Waals surface area contributed by atoms with E-state index < -0.39 is 0 Å². The van der Waals surface area contributed by atoms with Crippen LogP contribution >= 0.6 is 0 Å². The van der Waals surface area contributed by atoms with Crippen LogP contribution in [-0.2, 0) is 0 Å². The Labute approximate surface area is 175 Å². The second kappa shape index (κ2) is 26.8. The molecule has 0 saturated carbocycles. The molecular weight excluding hydrogens is 348 g/mol. The van der Waals surface area contributed by atoms with Crippen molar-refractivity contribution in [1.29, 1.82) is 0 Å². The molecule has 8 N–H and O–H groups in total. The smallest absolute Gasteiger partial charge is 0.00368 e. The van der Waals surface area contributed by atoms with E-state index in [0.29, 0.717) is 0 Å². The predicted octanol–water partition coefficient (Wildman–Crippen LogP) is 1.94. The summed E-state index contributed by atoms with van der Waals surface area (Å²) in [6.07, 6.45) is 15.6. The number of hydrogen-bond acceptors (Lipinski definition) is 6. The number of unbranched alkanes of at least 4 members (excludes halogenated alkanes) is 7. The lowest BCUT2D eigenvalue weighted by atomic mass is 10.1. The van der Waals surface area contributed by atoms with Gasteiger partial charge in [0.1, 0.15) is 0 Å². The van der Waals surface area contributed by atoms with Crippen molar-refractivity contribution < 1.29 is 0 Å². The highest BCUT2D eigenvalue weighted by Crippen LogP contribution is 2.08. The van der Waals surface area contributed by atoms with Crippen LogP contribution in [0.2, 0.25) is 0 Å². The van der Waals surface area contributed by atoms with E-state index >= 15 is 0 Å². The molecule has 0 radical (unpaired) electrons. The van der Waals surface area contributed by atoms with E-state index in [-0.39, 0.29) is 0 Å². The van der Waals surface area contributed by atoms with Crippen LogP contribution in [0.25, 0.3) is 0 Å². The van der Waals surface area contributed by atoms with Gasteiger partial charge in [0.15, 0.2) is 0 Å². The Morgan fingerprint density at radius 3 is 0.857 bits per heavy atom. The molecule has 0 unspecified atom stereocenters. The Morgan fingerprint density at radius 1 is 0.286 bits per heavy atom. The van der Waals surface area contributed by atoms with Gasteiger partial charge in [0.2, 0.25) is 0 Å². The molecule has 0 spiro atoms. The minimum Gasteiger partial charge on any atom is -0.330 e. The second-order valence-electron chi connectivity index (χ2n) is 7.82. The molecular formula is C22H52N6. The molecule has 28 heavy (non-hydrogen) atoms. The van der Waals surface area contributed by atoms with Gasteiger partial charge in [-0.25, -0.2) is 0 Å². The predicted molar refractivity (Wildman–Crippen MR) is 125 cm³/mol. The molecule has 0 aromatic heterocycles. The van der Waals surface area contributed by atoms with E-state index in [1.165, 1.54) is 77.3 Å².